The van der Waals surface area contributed by atoms with Crippen LogP contribution in [0.3, 0.4) is 0 Å². The molecule has 5 nitrogen and oxygen atoms in total. The second-order valence-corrected chi connectivity index (χ2v) is 4.86. The maximum Gasteiger partial charge on any atom is 0.269 e. The fraction of sp³-hybridized carbons (Fsp3) is 0.154. The molecular formula is C13H12BrN3O2. The minimum Gasteiger partial charge on any atom is -0.380 e. The largest absolute Gasteiger partial charge is 0.380 e. The molecule has 0 aliphatic heterocycles. The van der Waals surface area contributed by atoms with E-state index < -0.39 is 4.92 Å². The molecule has 1 heterocycles. The molecule has 0 saturated heterocycles. The molecule has 1 N–H and O–H groups in total. The minimum absolute atomic E-state index is 0.101. The van der Waals surface area contributed by atoms with Crippen molar-refractivity contribution >= 4 is 27.3 Å². The summed E-state index contributed by atoms with van der Waals surface area (Å²) in [6, 6.07) is 8.54. The van der Waals surface area contributed by atoms with Gasteiger partial charge in [0.2, 0.25) is 0 Å². The van der Waals surface area contributed by atoms with Crippen LogP contribution in [0, 0.1) is 17.0 Å². The number of hydrogen-bond acceptors (Lipinski definition) is 4. The number of nitrogens with zero attached hydrogens (tertiary/aromatic N) is 2. The van der Waals surface area contributed by atoms with Gasteiger partial charge in [0.15, 0.2) is 0 Å². The Morgan fingerprint density at radius 1 is 1.42 bits per heavy atom. The molecule has 0 spiro atoms. The third-order valence-corrected chi connectivity index (χ3v) is 3.46. The van der Waals surface area contributed by atoms with Crippen molar-refractivity contribution in [2.24, 2.45) is 0 Å². The van der Waals surface area contributed by atoms with Gasteiger partial charge in [0.05, 0.1) is 16.8 Å². The zero-order valence-electron chi connectivity index (χ0n) is 10.3. The summed E-state index contributed by atoms with van der Waals surface area (Å²) in [4.78, 5) is 14.5. The van der Waals surface area contributed by atoms with E-state index in [1.807, 2.05) is 19.1 Å². The van der Waals surface area contributed by atoms with E-state index in [2.05, 4.69) is 26.2 Å². The number of nitrogens with one attached hydrogen (secondary N) is 1. The van der Waals surface area contributed by atoms with Gasteiger partial charge in [-0.1, -0.05) is 12.1 Å². The first kappa shape index (κ1) is 13.5. The van der Waals surface area contributed by atoms with E-state index in [0.717, 1.165) is 21.4 Å². The Labute approximate surface area is 119 Å². The maximum absolute atomic E-state index is 10.7. The van der Waals surface area contributed by atoms with Crippen molar-refractivity contribution in [1.29, 1.82) is 0 Å². The van der Waals surface area contributed by atoms with E-state index in [1.54, 1.807) is 18.3 Å². The molecule has 2 aromatic rings. The lowest BCUT2D eigenvalue weighted by Crippen LogP contribution is -2.01. The highest BCUT2D eigenvalue weighted by molar-refractivity contribution is 9.10. The Bertz CT molecular complexity index is 617. The average molecular weight is 322 g/mol. The first-order valence-electron chi connectivity index (χ1n) is 5.65. The van der Waals surface area contributed by atoms with Crippen LogP contribution in [-0.2, 0) is 6.54 Å². The van der Waals surface area contributed by atoms with Crippen molar-refractivity contribution in [3.05, 3.63) is 62.4 Å². The summed E-state index contributed by atoms with van der Waals surface area (Å²) in [7, 11) is 0. The van der Waals surface area contributed by atoms with E-state index in [-0.39, 0.29) is 5.69 Å². The van der Waals surface area contributed by atoms with Crippen LogP contribution in [0.1, 0.15) is 11.1 Å². The van der Waals surface area contributed by atoms with Crippen LogP contribution >= 0.6 is 15.9 Å². The number of hydrogen-bond donors (Lipinski definition) is 1. The lowest BCUT2D eigenvalue weighted by Gasteiger charge is -2.07. The van der Waals surface area contributed by atoms with Crippen LogP contribution in [0.5, 0.6) is 0 Å². The van der Waals surface area contributed by atoms with Gasteiger partial charge in [-0.3, -0.25) is 10.1 Å². The summed E-state index contributed by atoms with van der Waals surface area (Å²) in [5.41, 5.74) is 2.87. The number of rotatable bonds is 4. The number of aryl methyl sites for hydroxylation is 1. The van der Waals surface area contributed by atoms with E-state index in [0.29, 0.717) is 6.54 Å². The van der Waals surface area contributed by atoms with Crippen molar-refractivity contribution in [3.63, 3.8) is 0 Å². The molecule has 0 unspecified atom stereocenters. The van der Waals surface area contributed by atoms with E-state index in [1.165, 1.54) is 6.07 Å². The number of nitro benzene ring substituents is 1. The Balaban J connectivity index is 2.07. The molecule has 0 saturated carbocycles. The first-order valence-corrected chi connectivity index (χ1v) is 6.45. The zero-order chi connectivity index (χ0) is 13.8. The van der Waals surface area contributed by atoms with Gasteiger partial charge < -0.3 is 5.32 Å². The molecule has 0 atom stereocenters. The monoisotopic (exact) mass is 321 g/mol. The van der Waals surface area contributed by atoms with E-state index in [4.69, 9.17) is 0 Å². The fourth-order valence-electron chi connectivity index (χ4n) is 1.64. The molecular weight excluding hydrogens is 310 g/mol. The summed E-state index contributed by atoms with van der Waals surface area (Å²) in [5.74, 6) is 0. The summed E-state index contributed by atoms with van der Waals surface area (Å²) in [6.07, 6.45) is 1.72. The number of halogens is 1. The number of benzene rings is 1. The SMILES string of the molecule is Cc1cc(NCc2cccc([N+](=O)[O-])c2)cnc1Br. The molecule has 1 aromatic carbocycles. The van der Waals surface area contributed by atoms with Crippen molar-refractivity contribution in [2.75, 3.05) is 5.32 Å². The predicted octanol–water partition coefficient (Wildman–Crippen LogP) is 3.67. The standard InChI is InChI=1S/C13H12BrN3O2/c1-9-5-11(8-16-13(9)14)15-7-10-3-2-4-12(6-10)17(18)19/h2-6,8,15H,7H2,1H3. The third kappa shape index (κ3) is 3.51. The number of pyridine rings is 1. The normalized spacial score (nSPS) is 10.2. The third-order valence-electron chi connectivity index (χ3n) is 2.63. The molecule has 98 valence electrons. The van der Waals surface area contributed by atoms with Crippen LogP contribution in [0.2, 0.25) is 0 Å². The number of anilines is 1. The zero-order valence-corrected chi connectivity index (χ0v) is 11.8. The highest BCUT2D eigenvalue weighted by Gasteiger charge is 2.05. The molecule has 19 heavy (non-hydrogen) atoms. The summed E-state index contributed by atoms with van der Waals surface area (Å²) in [6.45, 7) is 2.47. The smallest absolute Gasteiger partial charge is 0.269 e. The lowest BCUT2D eigenvalue weighted by molar-refractivity contribution is -0.384. The highest BCUT2D eigenvalue weighted by Crippen LogP contribution is 2.18. The maximum atomic E-state index is 10.7. The van der Waals surface area contributed by atoms with Crippen molar-refractivity contribution in [2.45, 2.75) is 13.5 Å². The van der Waals surface area contributed by atoms with Gasteiger partial charge in [0.25, 0.3) is 5.69 Å². The Kier molecular flexibility index (Phi) is 4.11. The molecule has 0 radical (unpaired) electrons. The fourth-order valence-corrected chi connectivity index (χ4v) is 1.86. The van der Waals surface area contributed by atoms with Crippen molar-refractivity contribution in [3.8, 4) is 0 Å². The average Bonchev–Trinajstić information content (AvgIpc) is 2.40. The van der Waals surface area contributed by atoms with Gasteiger partial charge in [-0.05, 0) is 40.0 Å². The summed E-state index contributed by atoms with van der Waals surface area (Å²) >= 11 is 3.34. The van der Waals surface area contributed by atoms with Crippen LogP contribution in [0.25, 0.3) is 0 Å². The Morgan fingerprint density at radius 2 is 2.21 bits per heavy atom. The van der Waals surface area contributed by atoms with Gasteiger partial charge >= 0.3 is 0 Å². The topological polar surface area (TPSA) is 68.1 Å². The molecule has 2 rings (SSSR count). The summed E-state index contributed by atoms with van der Waals surface area (Å²) in [5, 5.41) is 13.9. The van der Waals surface area contributed by atoms with Gasteiger partial charge in [-0.25, -0.2) is 4.98 Å². The molecule has 0 amide bonds. The van der Waals surface area contributed by atoms with Gasteiger partial charge in [0.1, 0.15) is 4.60 Å². The van der Waals surface area contributed by atoms with Crippen LogP contribution < -0.4 is 5.32 Å². The summed E-state index contributed by atoms with van der Waals surface area (Å²) < 4.78 is 0.813. The van der Waals surface area contributed by atoms with Crippen LogP contribution in [0.15, 0.2) is 41.1 Å². The second kappa shape index (κ2) is 5.79. The molecule has 6 heteroatoms. The number of nitro groups is 1. The van der Waals surface area contributed by atoms with E-state index >= 15 is 0 Å². The number of non-ortho nitro benzene ring substituents is 1. The highest BCUT2D eigenvalue weighted by atomic mass is 79.9. The molecule has 0 fully saturated rings. The van der Waals surface area contributed by atoms with Crippen LogP contribution in [0.4, 0.5) is 11.4 Å². The van der Waals surface area contributed by atoms with E-state index in [9.17, 15) is 10.1 Å². The predicted molar refractivity (Wildman–Crippen MR) is 77.1 cm³/mol. The van der Waals surface area contributed by atoms with Gasteiger partial charge in [0, 0.05) is 18.7 Å². The molecule has 0 aliphatic rings. The Morgan fingerprint density at radius 3 is 2.89 bits per heavy atom. The first-order chi connectivity index (χ1) is 9.06. The van der Waals surface area contributed by atoms with Crippen molar-refractivity contribution in [1.82, 2.24) is 4.98 Å². The number of aromatic nitrogens is 1. The molecule has 0 bridgehead atoms. The van der Waals surface area contributed by atoms with Gasteiger partial charge in [-0.2, -0.15) is 0 Å². The lowest BCUT2D eigenvalue weighted by atomic mass is 10.2. The minimum atomic E-state index is -0.394. The second-order valence-electron chi connectivity index (χ2n) is 4.11. The quantitative estimate of drug-likeness (QED) is 0.530. The van der Waals surface area contributed by atoms with Crippen LogP contribution in [-0.4, -0.2) is 9.91 Å². The Hall–Kier alpha value is -1.95. The van der Waals surface area contributed by atoms with Gasteiger partial charge in [-0.15, -0.1) is 0 Å². The molecule has 0 aliphatic carbocycles. The molecule has 1 aromatic heterocycles. The van der Waals surface area contributed by atoms with Crippen molar-refractivity contribution < 1.29 is 4.92 Å².